The minimum absolute atomic E-state index is 0.151. The summed E-state index contributed by atoms with van der Waals surface area (Å²) < 4.78 is 31.7. The molecule has 0 saturated heterocycles. The van der Waals surface area contributed by atoms with E-state index in [-0.39, 0.29) is 19.4 Å². The number of nitrogens with two attached hydrogens (primary N) is 1. The molecule has 4 nitrogen and oxygen atoms in total. The van der Waals surface area contributed by atoms with Crippen LogP contribution in [-0.4, -0.2) is 24.2 Å². The summed E-state index contributed by atoms with van der Waals surface area (Å²) in [5.41, 5.74) is 5.62. The lowest BCUT2D eigenvalue weighted by Crippen LogP contribution is -2.53. The van der Waals surface area contributed by atoms with Crippen LogP contribution >= 0.6 is 0 Å². The van der Waals surface area contributed by atoms with Crippen molar-refractivity contribution in [2.45, 2.75) is 50.6 Å². The topological polar surface area (TPSA) is 64.3 Å². The normalized spacial score (nSPS) is 19.2. The average molecular weight is 312 g/mol. The van der Waals surface area contributed by atoms with Crippen LogP contribution in [0.5, 0.6) is 0 Å². The van der Waals surface area contributed by atoms with Crippen molar-refractivity contribution in [2.75, 3.05) is 11.9 Å². The van der Waals surface area contributed by atoms with Crippen molar-refractivity contribution in [3.05, 3.63) is 29.8 Å². The van der Waals surface area contributed by atoms with Crippen LogP contribution in [0.2, 0.25) is 0 Å². The summed E-state index contributed by atoms with van der Waals surface area (Å²) in [5, 5.41) is 2.61. The van der Waals surface area contributed by atoms with Gasteiger partial charge in [0.05, 0.1) is 0 Å². The number of rotatable bonds is 3. The van der Waals surface area contributed by atoms with Gasteiger partial charge in [0.2, 0.25) is 5.92 Å². The molecule has 0 heterocycles. The van der Waals surface area contributed by atoms with E-state index in [1.807, 2.05) is 0 Å². The summed E-state index contributed by atoms with van der Waals surface area (Å²) in [6.45, 7) is 5.45. The Hall–Kier alpha value is -1.69. The Kier molecular flexibility index (Phi) is 4.17. The Bertz CT molecular complexity index is 560. The highest BCUT2D eigenvalue weighted by Gasteiger charge is 2.56. The minimum Gasteiger partial charge on any atom is -0.444 e. The number of carbonyl (C=O) groups is 1. The average Bonchev–Trinajstić information content (AvgIpc) is 2.33. The molecule has 0 aliphatic heterocycles. The SMILES string of the molecule is CC(C)(C)OC(=O)Nc1cccc(C2(CN)CC(F)(F)C2)c1. The van der Waals surface area contributed by atoms with Gasteiger partial charge in [0.1, 0.15) is 5.60 Å². The van der Waals surface area contributed by atoms with Crippen LogP contribution in [0, 0.1) is 0 Å². The van der Waals surface area contributed by atoms with E-state index in [0.717, 1.165) is 5.56 Å². The second-order valence-electron chi connectivity index (χ2n) is 6.90. The van der Waals surface area contributed by atoms with Crippen LogP contribution in [0.15, 0.2) is 24.3 Å². The number of nitrogens with one attached hydrogen (secondary N) is 1. The standard InChI is InChI=1S/C16H22F2N2O2/c1-14(2,3)22-13(21)20-12-6-4-5-11(7-12)15(10-19)8-16(17,18)9-15/h4-7H,8-10,19H2,1-3H3,(H,20,21). The lowest BCUT2D eigenvalue weighted by Gasteiger charge is -2.47. The molecule has 1 saturated carbocycles. The van der Waals surface area contributed by atoms with Crippen LogP contribution in [0.1, 0.15) is 39.2 Å². The molecule has 1 aromatic rings. The van der Waals surface area contributed by atoms with Crippen molar-refractivity contribution in [2.24, 2.45) is 5.73 Å². The first-order chi connectivity index (χ1) is 10.1. The van der Waals surface area contributed by atoms with E-state index in [1.54, 1.807) is 45.0 Å². The van der Waals surface area contributed by atoms with E-state index in [0.29, 0.717) is 5.69 Å². The van der Waals surface area contributed by atoms with Crippen molar-refractivity contribution < 1.29 is 18.3 Å². The highest BCUT2D eigenvalue weighted by atomic mass is 19.3. The third-order valence-corrected chi connectivity index (χ3v) is 3.71. The predicted octanol–water partition coefficient (Wildman–Crippen LogP) is 3.66. The molecule has 1 fully saturated rings. The highest BCUT2D eigenvalue weighted by Crippen LogP contribution is 2.53. The fourth-order valence-corrected chi connectivity index (χ4v) is 2.75. The smallest absolute Gasteiger partial charge is 0.412 e. The Labute approximate surface area is 129 Å². The van der Waals surface area contributed by atoms with Crippen molar-refractivity contribution in [3.8, 4) is 0 Å². The van der Waals surface area contributed by atoms with Crippen LogP contribution in [0.3, 0.4) is 0 Å². The molecule has 0 bridgehead atoms. The molecule has 3 N–H and O–H groups in total. The van der Waals surface area contributed by atoms with Gasteiger partial charge in [-0.05, 0) is 38.5 Å². The number of ether oxygens (including phenoxy) is 1. The Morgan fingerprint density at radius 3 is 2.50 bits per heavy atom. The maximum atomic E-state index is 13.3. The predicted molar refractivity (Wildman–Crippen MR) is 81.2 cm³/mol. The fraction of sp³-hybridized carbons (Fsp3) is 0.562. The minimum atomic E-state index is -2.66. The van der Waals surface area contributed by atoms with Crippen LogP contribution in [0.25, 0.3) is 0 Å². The Morgan fingerprint density at radius 2 is 2.00 bits per heavy atom. The second-order valence-corrected chi connectivity index (χ2v) is 6.90. The summed E-state index contributed by atoms with van der Waals surface area (Å²) in [6, 6.07) is 6.86. The van der Waals surface area contributed by atoms with E-state index in [1.165, 1.54) is 0 Å². The molecule has 0 aromatic heterocycles. The number of alkyl halides is 2. The summed E-state index contributed by atoms with van der Waals surface area (Å²) in [6.07, 6.45) is -1.09. The van der Waals surface area contributed by atoms with Crippen molar-refractivity contribution in [1.82, 2.24) is 0 Å². The molecular formula is C16H22F2N2O2. The van der Waals surface area contributed by atoms with Gasteiger partial charge in [-0.2, -0.15) is 0 Å². The van der Waals surface area contributed by atoms with Crippen molar-refractivity contribution in [3.63, 3.8) is 0 Å². The van der Waals surface area contributed by atoms with E-state index in [4.69, 9.17) is 10.5 Å². The Balaban J connectivity index is 2.12. The van der Waals surface area contributed by atoms with Crippen LogP contribution < -0.4 is 11.1 Å². The molecule has 1 amide bonds. The monoisotopic (exact) mass is 312 g/mol. The van der Waals surface area contributed by atoms with Gasteiger partial charge in [0, 0.05) is 30.5 Å². The zero-order valence-electron chi connectivity index (χ0n) is 13.1. The van der Waals surface area contributed by atoms with E-state index >= 15 is 0 Å². The third kappa shape index (κ3) is 3.74. The van der Waals surface area contributed by atoms with Crippen molar-refractivity contribution >= 4 is 11.8 Å². The summed E-state index contributed by atoms with van der Waals surface area (Å²) in [7, 11) is 0. The lowest BCUT2D eigenvalue weighted by atomic mass is 9.62. The fourth-order valence-electron chi connectivity index (χ4n) is 2.75. The summed E-state index contributed by atoms with van der Waals surface area (Å²) in [5.74, 6) is -2.66. The third-order valence-electron chi connectivity index (χ3n) is 3.71. The molecule has 0 atom stereocenters. The number of halogens is 2. The number of amides is 1. The van der Waals surface area contributed by atoms with Crippen molar-refractivity contribution in [1.29, 1.82) is 0 Å². The number of hydrogen-bond donors (Lipinski definition) is 2. The van der Waals surface area contributed by atoms with Gasteiger partial charge in [-0.1, -0.05) is 12.1 Å². The van der Waals surface area contributed by atoms with Gasteiger partial charge in [0.15, 0.2) is 0 Å². The first-order valence-corrected chi connectivity index (χ1v) is 7.24. The quantitative estimate of drug-likeness (QED) is 0.895. The largest absolute Gasteiger partial charge is 0.444 e. The molecule has 0 radical (unpaired) electrons. The maximum absolute atomic E-state index is 13.3. The molecule has 0 unspecified atom stereocenters. The molecular weight excluding hydrogens is 290 g/mol. The lowest BCUT2D eigenvalue weighted by molar-refractivity contribution is -0.123. The van der Waals surface area contributed by atoms with Crippen LogP contribution in [0.4, 0.5) is 19.3 Å². The van der Waals surface area contributed by atoms with Gasteiger partial charge in [0.25, 0.3) is 0 Å². The summed E-state index contributed by atoms with van der Waals surface area (Å²) >= 11 is 0. The zero-order chi connectivity index (χ0) is 16.6. The van der Waals surface area contributed by atoms with E-state index in [2.05, 4.69) is 5.32 Å². The molecule has 6 heteroatoms. The molecule has 0 spiro atoms. The highest BCUT2D eigenvalue weighted by molar-refractivity contribution is 5.85. The number of hydrogen-bond acceptors (Lipinski definition) is 3. The molecule has 2 rings (SSSR count). The van der Waals surface area contributed by atoms with Gasteiger partial charge >= 0.3 is 6.09 Å². The zero-order valence-corrected chi connectivity index (χ0v) is 13.1. The van der Waals surface area contributed by atoms with Gasteiger partial charge in [-0.25, -0.2) is 13.6 Å². The van der Waals surface area contributed by atoms with E-state index < -0.39 is 23.0 Å². The number of anilines is 1. The van der Waals surface area contributed by atoms with Gasteiger partial charge in [-0.3, -0.25) is 5.32 Å². The van der Waals surface area contributed by atoms with Gasteiger partial charge in [-0.15, -0.1) is 0 Å². The van der Waals surface area contributed by atoms with Gasteiger partial charge < -0.3 is 10.5 Å². The number of benzene rings is 1. The molecule has 122 valence electrons. The first-order valence-electron chi connectivity index (χ1n) is 7.24. The first kappa shape index (κ1) is 16.7. The van der Waals surface area contributed by atoms with E-state index in [9.17, 15) is 13.6 Å². The second kappa shape index (κ2) is 5.50. The Morgan fingerprint density at radius 1 is 1.36 bits per heavy atom. The molecule has 1 aliphatic rings. The molecule has 1 aliphatic carbocycles. The summed E-state index contributed by atoms with van der Waals surface area (Å²) in [4.78, 5) is 11.8. The molecule has 1 aromatic carbocycles. The maximum Gasteiger partial charge on any atom is 0.412 e. The number of carbonyl (C=O) groups excluding carboxylic acids is 1. The van der Waals surface area contributed by atoms with Crippen LogP contribution in [-0.2, 0) is 10.2 Å². The molecule has 22 heavy (non-hydrogen) atoms.